The van der Waals surface area contributed by atoms with Crippen molar-refractivity contribution in [1.29, 1.82) is 0 Å². The maximum Gasteiger partial charge on any atom is 0.329 e. The number of aromatic nitrogens is 2. The summed E-state index contributed by atoms with van der Waals surface area (Å²) in [5.74, 6) is -0.0295. The van der Waals surface area contributed by atoms with Gasteiger partial charge in [0.2, 0.25) is 11.8 Å². The Morgan fingerprint density at radius 3 is 2.48 bits per heavy atom. The van der Waals surface area contributed by atoms with Gasteiger partial charge in [0.25, 0.3) is 5.91 Å². The molecule has 3 heterocycles. The van der Waals surface area contributed by atoms with E-state index in [2.05, 4.69) is 5.32 Å². The Labute approximate surface area is 257 Å². The first-order valence-electron chi connectivity index (χ1n) is 15.4. The van der Waals surface area contributed by atoms with E-state index in [1.54, 1.807) is 25.9 Å². The minimum absolute atomic E-state index is 0.0254. The highest BCUT2D eigenvalue weighted by Crippen LogP contribution is 2.32. The Morgan fingerprint density at radius 1 is 1.02 bits per heavy atom. The zero-order chi connectivity index (χ0) is 31.2. The molecule has 2 aliphatic heterocycles. The highest BCUT2D eigenvalue weighted by Gasteiger charge is 2.34. The van der Waals surface area contributed by atoms with Gasteiger partial charge in [0.15, 0.2) is 0 Å². The van der Waals surface area contributed by atoms with Gasteiger partial charge in [0, 0.05) is 58.2 Å². The van der Waals surface area contributed by atoms with E-state index in [9.17, 15) is 19.2 Å². The second-order valence-electron chi connectivity index (χ2n) is 11.8. The molecule has 0 aliphatic carbocycles. The number of primary amides is 1. The summed E-state index contributed by atoms with van der Waals surface area (Å²) in [4.78, 5) is 56.1. The molecule has 0 bridgehead atoms. The van der Waals surface area contributed by atoms with E-state index in [0.29, 0.717) is 63.0 Å². The van der Waals surface area contributed by atoms with E-state index in [4.69, 9.17) is 10.5 Å². The van der Waals surface area contributed by atoms with Crippen molar-refractivity contribution in [2.24, 2.45) is 11.7 Å². The molecule has 234 valence electrons. The van der Waals surface area contributed by atoms with Crippen molar-refractivity contribution in [3.8, 4) is 17.0 Å². The SMILES string of the molecule is CC(=O)N1CCCC(n2c(-c3ccccc3)c(C(=O)N3CCNCC3)n(Cc3cccc(OCC(C)CC(N)=O)c3)c2=O)C1. The average molecular weight is 603 g/mol. The molecule has 2 fully saturated rings. The second-order valence-corrected chi connectivity index (χ2v) is 11.8. The Kier molecular flexibility index (Phi) is 9.84. The Morgan fingerprint density at radius 2 is 1.77 bits per heavy atom. The zero-order valence-corrected chi connectivity index (χ0v) is 25.5. The molecule has 11 heteroatoms. The molecule has 2 saturated heterocycles. The molecule has 3 amide bonds. The first-order valence-corrected chi connectivity index (χ1v) is 15.4. The zero-order valence-electron chi connectivity index (χ0n) is 25.5. The number of nitrogens with one attached hydrogen (secondary N) is 1. The minimum atomic E-state index is -0.376. The third kappa shape index (κ3) is 7.05. The maximum absolute atomic E-state index is 14.5. The fraction of sp³-hybridized carbons (Fsp3) is 0.455. The first kappa shape index (κ1) is 31.1. The molecule has 3 aromatic rings. The Hall–Kier alpha value is -4.38. The van der Waals surface area contributed by atoms with Crippen LogP contribution in [-0.4, -0.2) is 82.5 Å². The molecule has 3 N–H and O–H groups in total. The highest BCUT2D eigenvalue weighted by atomic mass is 16.5. The van der Waals surface area contributed by atoms with Crippen molar-refractivity contribution in [3.05, 3.63) is 76.3 Å². The number of hydrogen-bond donors (Lipinski definition) is 2. The van der Waals surface area contributed by atoms with Gasteiger partial charge in [0.1, 0.15) is 11.4 Å². The van der Waals surface area contributed by atoms with E-state index < -0.39 is 0 Å². The normalized spacial score (nSPS) is 17.7. The molecule has 2 aliphatic rings. The summed E-state index contributed by atoms with van der Waals surface area (Å²) in [7, 11) is 0. The van der Waals surface area contributed by atoms with Crippen molar-refractivity contribution < 1.29 is 19.1 Å². The highest BCUT2D eigenvalue weighted by molar-refractivity contribution is 5.99. The summed E-state index contributed by atoms with van der Waals surface area (Å²) in [6.07, 6.45) is 1.72. The monoisotopic (exact) mass is 602 g/mol. The van der Waals surface area contributed by atoms with Crippen LogP contribution in [-0.2, 0) is 16.1 Å². The summed E-state index contributed by atoms with van der Waals surface area (Å²) < 4.78 is 9.31. The molecule has 2 unspecified atom stereocenters. The smallest absolute Gasteiger partial charge is 0.329 e. The fourth-order valence-corrected chi connectivity index (χ4v) is 6.16. The number of amides is 3. The lowest BCUT2D eigenvalue weighted by Crippen LogP contribution is -2.47. The molecule has 2 aromatic carbocycles. The number of piperidine rings is 1. The molecule has 44 heavy (non-hydrogen) atoms. The van der Waals surface area contributed by atoms with Crippen LogP contribution in [0.25, 0.3) is 11.3 Å². The van der Waals surface area contributed by atoms with Gasteiger partial charge in [-0.05, 0) is 36.5 Å². The number of likely N-dealkylation sites (tertiary alicyclic amines) is 1. The van der Waals surface area contributed by atoms with E-state index in [1.807, 2.05) is 61.5 Å². The van der Waals surface area contributed by atoms with Gasteiger partial charge >= 0.3 is 5.69 Å². The first-order chi connectivity index (χ1) is 21.2. The van der Waals surface area contributed by atoms with Crippen molar-refractivity contribution in [2.45, 2.75) is 45.7 Å². The number of benzene rings is 2. The van der Waals surface area contributed by atoms with Crippen molar-refractivity contribution >= 4 is 17.7 Å². The van der Waals surface area contributed by atoms with E-state index in [1.165, 1.54) is 0 Å². The number of ether oxygens (including phenoxy) is 1. The van der Waals surface area contributed by atoms with Gasteiger partial charge in [-0.2, -0.15) is 0 Å². The lowest BCUT2D eigenvalue weighted by atomic mass is 10.0. The number of carbonyl (C=O) groups is 3. The van der Waals surface area contributed by atoms with Crippen molar-refractivity contribution in [3.63, 3.8) is 0 Å². The Balaban J connectivity index is 1.60. The maximum atomic E-state index is 14.5. The van der Waals surface area contributed by atoms with Crippen LogP contribution in [0, 0.1) is 5.92 Å². The van der Waals surface area contributed by atoms with Gasteiger partial charge in [-0.25, -0.2) is 4.79 Å². The summed E-state index contributed by atoms with van der Waals surface area (Å²) in [5.41, 5.74) is 7.57. The quantitative estimate of drug-likeness (QED) is 0.367. The number of piperazine rings is 1. The van der Waals surface area contributed by atoms with Crippen LogP contribution in [0.2, 0.25) is 0 Å². The number of nitrogens with zero attached hydrogens (tertiary/aromatic N) is 4. The van der Waals surface area contributed by atoms with E-state index >= 15 is 0 Å². The fourth-order valence-electron chi connectivity index (χ4n) is 6.16. The number of rotatable bonds is 10. The standard InChI is InChI=1S/C33H42N6O5/c1-23(18-29(34)41)22-44-28-12-6-8-25(19-28)20-38-31(32(42)36-16-13-35-14-17-36)30(26-9-4-3-5-10-26)39(33(38)43)27-11-7-15-37(21-27)24(2)40/h3-6,8-10,12,19,23,27,35H,7,11,13-18,20-22H2,1-2H3,(H2,34,41). The molecule has 0 radical (unpaired) electrons. The molecule has 2 atom stereocenters. The molecule has 11 nitrogen and oxygen atoms in total. The third-order valence-corrected chi connectivity index (χ3v) is 8.36. The van der Waals surface area contributed by atoms with E-state index in [-0.39, 0.29) is 48.3 Å². The molecule has 1 aromatic heterocycles. The largest absolute Gasteiger partial charge is 0.493 e. The number of imidazole rings is 1. The number of nitrogens with two attached hydrogens (primary N) is 1. The molecular formula is C33H42N6O5. The number of hydrogen-bond acceptors (Lipinski definition) is 6. The number of carbonyl (C=O) groups excluding carboxylic acids is 3. The van der Waals surface area contributed by atoms with Gasteiger partial charge in [-0.3, -0.25) is 23.5 Å². The summed E-state index contributed by atoms with van der Waals surface area (Å²) >= 11 is 0. The van der Waals surface area contributed by atoms with Gasteiger partial charge in [0.05, 0.1) is 24.9 Å². The summed E-state index contributed by atoms with van der Waals surface area (Å²) in [5, 5.41) is 3.30. The van der Waals surface area contributed by atoms with Crippen LogP contribution in [0.5, 0.6) is 5.75 Å². The summed E-state index contributed by atoms with van der Waals surface area (Å²) in [6.45, 7) is 7.44. The molecule has 0 spiro atoms. The predicted octanol–water partition coefficient (Wildman–Crippen LogP) is 2.48. The van der Waals surface area contributed by atoms with Crippen LogP contribution in [0.15, 0.2) is 59.4 Å². The second kappa shape index (κ2) is 13.9. The minimum Gasteiger partial charge on any atom is -0.493 e. The van der Waals surface area contributed by atoms with Crippen molar-refractivity contribution in [2.75, 3.05) is 45.9 Å². The van der Waals surface area contributed by atoms with Gasteiger partial charge in [-0.15, -0.1) is 0 Å². The van der Waals surface area contributed by atoms with Gasteiger partial charge < -0.3 is 25.6 Å². The Bertz CT molecular complexity index is 1540. The van der Waals surface area contributed by atoms with E-state index in [0.717, 1.165) is 24.0 Å². The molecule has 0 saturated carbocycles. The lowest BCUT2D eigenvalue weighted by molar-refractivity contribution is -0.130. The molecule has 5 rings (SSSR count). The topological polar surface area (TPSA) is 132 Å². The van der Waals surface area contributed by atoms with Gasteiger partial charge in [-0.1, -0.05) is 49.4 Å². The predicted molar refractivity (Wildman–Crippen MR) is 167 cm³/mol. The van der Waals surface area contributed by atoms with Crippen LogP contribution < -0.4 is 21.5 Å². The van der Waals surface area contributed by atoms with Crippen LogP contribution in [0.1, 0.15) is 55.2 Å². The van der Waals surface area contributed by atoms with Crippen LogP contribution in [0.4, 0.5) is 0 Å². The van der Waals surface area contributed by atoms with Crippen molar-refractivity contribution in [1.82, 2.24) is 24.3 Å². The lowest BCUT2D eigenvalue weighted by Gasteiger charge is -2.33. The molecular weight excluding hydrogens is 560 g/mol. The average Bonchev–Trinajstić information content (AvgIpc) is 3.31. The summed E-state index contributed by atoms with van der Waals surface area (Å²) in [6, 6.07) is 16.8. The van der Waals surface area contributed by atoms with Crippen LogP contribution in [0.3, 0.4) is 0 Å². The third-order valence-electron chi connectivity index (χ3n) is 8.36. The van der Waals surface area contributed by atoms with Crippen LogP contribution >= 0.6 is 0 Å².